The maximum atomic E-state index is 11.3. The highest BCUT2D eigenvalue weighted by molar-refractivity contribution is 4.73. The van der Waals surface area contributed by atoms with Gasteiger partial charge in [0.2, 0.25) is 0 Å². The van der Waals surface area contributed by atoms with E-state index in [4.69, 9.17) is 5.26 Å². The van der Waals surface area contributed by atoms with E-state index in [2.05, 4.69) is 4.74 Å². The number of halogens is 3. The van der Waals surface area contributed by atoms with E-state index in [1.165, 1.54) is 6.92 Å². The number of ether oxygens (including phenoxy) is 1. The summed E-state index contributed by atoms with van der Waals surface area (Å²) in [5, 5.41) is 7.94. The van der Waals surface area contributed by atoms with E-state index in [1.54, 1.807) is 6.07 Å². The van der Waals surface area contributed by atoms with Crippen LogP contribution in [0.5, 0.6) is 0 Å². The van der Waals surface area contributed by atoms with Gasteiger partial charge in [-0.05, 0) is 6.92 Å². The van der Waals surface area contributed by atoms with Crippen LogP contribution < -0.4 is 0 Å². The zero-order valence-corrected chi connectivity index (χ0v) is 5.27. The summed E-state index contributed by atoms with van der Waals surface area (Å²) in [5.74, 6) is 0. The first-order chi connectivity index (χ1) is 4.45. The van der Waals surface area contributed by atoms with Crippen LogP contribution in [0.3, 0.4) is 0 Å². The van der Waals surface area contributed by atoms with Crippen molar-refractivity contribution >= 4 is 0 Å². The molecule has 0 saturated heterocycles. The Bertz CT molecular complexity index is 137. The van der Waals surface area contributed by atoms with E-state index in [9.17, 15) is 13.2 Å². The normalized spacial score (nSPS) is 14.3. The van der Waals surface area contributed by atoms with Crippen LogP contribution in [0.4, 0.5) is 13.2 Å². The maximum absolute atomic E-state index is 11.3. The van der Waals surface area contributed by atoms with Crippen LogP contribution in [0, 0.1) is 11.3 Å². The molecule has 2 nitrogen and oxygen atoms in total. The van der Waals surface area contributed by atoms with Gasteiger partial charge >= 0.3 is 6.36 Å². The molecule has 0 heterocycles. The number of nitriles is 1. The Morgan fingerprint density at radius 3 is 2.40 bits per heavy atom. The van der Waals surface area contributed by atoms with Gasteiger partial charge in [-0.3, -0.25) is 4.74 Å². The van der Waals surface area contributed by atoms with E-state index in [0.717, 1.165) is 0 Å². The van der Waals surface area contributed by atoms with Gasteiger partial charge in [0.05, 0.1) is 18.6 Å². The van der Waals surface area contributed by atoms with Crippen LogP contribution in [-0.4, -0.2) is 12.5 Å². The summed E-state index contributed by atoms with van der Waals surface area (Å²) in [4.78, 5) is 0. The Morgan fingerprint density at radius 1 is 1.60 bits per heavy atom. The Morgan fingerprint density at radius 2 is 2.10 bits per heavy atom. The summed E-state index contributed by atoms with van der Waals surface area (Å²) >= 11 is 0. The zero-order chi connectivity index (χ0) is 8.20. The van der Waals surface area contributed by atoms with Gasteiger partial charge in [0.1, 0.15) is 0 Å². The van der Waals surface area contributed by atoms with Crippen LogP contribution in [0.1, 0.15) is 13.3 Å². The van der Waals surface area contributed by atoms with E-state index < -0.39 is 12.5 Å². The summed E-state index contributed by atoms with van der Waals surface area (Å²) in [6.45, 7) is 1.19. The van der Waals surface area contributed by atoms with Gasteiger partial charge < -0.3 is 0 Å². The molecule has 0 aromatic rings. The first kappa shape index (κ1) is 9.24. The number of hydrogen-bond acceptors (Lipinski definition) is 2. The molecule has 0 aliphatic rings. The first-order valence-electron chi connectivity index (χ1n) is 2.57. The van der Waals surface area contributed by atoms with Crippen LogP contribution in [0.25, 0.3) is 0 Å². The lowest BCUT2D eigenvalue weighted by Gasteiger charge is -2.10. The van der Waals surface area contributed by atoms with Crippen molar-refractivity contribution in [2.24, 2.45) is 0 Å². The minimum absolute atomic E-state index is 0.250. The van der Waals surface area contributed by atoms with Crippen LogP contribution in [-0.2, 0) is 4.74 Å². The second-order valence-corrected chi connectivity index (χ2v) is 1.74. The van der Waals surface area contributed by atoms with Crippen molar-refractivity contribution < 1.29 is 17.9 Å². The lowest BCUT2D eigenvalue weighted by molar-refractivity contribution is -0.339. The Hall–Kier alpha value is -0.760. The third kappa shape index (κ3) is 5.38. The van der Waals surface area contributed by atoms with Gasteiger partial charge in [0.25, 0.3) is 0 Å². The molecule has 0 aliphatic carbocycles. The van der Waals surface area contributed by atoms with Crippen molar-refractivity contribution in [3.05, 3.63) is 0 Å². The average Bonchev–Trinajstić information content (AvgIpc) is 1.59. The van der Waals surface area contributed by atoms with Crippen molar-refractivity contribution in [3.8, 4) is 6.07 Å². The van der Waals surface area contributed by atoms with E-state index in [1.807, 2.05) is 0 Å². The smallest absolute Gasteiger partial charge is 0.288 e. The SMILES string of the molecule is CC(CC#N)OC(F)(F)F. The van der Waals surface area contributed by atoms with E-state index >= 15 is 0 Å². The molecule has 0 aromatic carbocycles. The largest absolute Gasteiger partial charge is 0.522 e. The number of alkyl halides is 3. The molecule has 0 spiro atoms. The Labute approximate surface area is 56.2 Å². The fourth-order valence-electron chi connectivity index (χ4n) is 0.398. The fraction of sp³-hybridized carbons (Fsp3) is 0.800. The summed E-state index contributed by atoms with van der Waals surface area (Å²) in [5.41, 5.74) is 0. The Kier molecular flexibility index (Phi) is 3.16. The molecule has 0 rings (SSSR count). The first-order valence-corrected chi connectivity index (χ1v) is 2.57. The summed E-state index contributed by atoms with van der Waals surface area (Å²) < 4.78 is 37.3. The topological polar surface area (TPSA) is 33.0 Å². The second-order valence-electron chi connectivity index (χ2n) is 1.74. The van der Waals surface area contributed by atoms with Gasteiger partial charge in [0, 0.05) is 0 Å². The molecule has 0 saturated carbocycles. The summed E-state index contributed by atoms with van der Waals surface area (Å²) in [7, 11) is 0. The highest BCUT2D eigenvalue weighted by atomic mass is 19.4. The quantitative estimate of drug-likeness (QED) is 0.606. The van der Waals surface area contributed by atoms with E-state index in [0.29, 0.717) is 0 Å². The van der Waals surface area contributed by atoms with Gasteiger partial charge in [-0.1, -0.05) is 0 Å². The molecule has 0 bridgehead atoms. The molecule has 10 heavy (non-hydrogen) atoms. The molecule has 0 amide bonds. The molecule has 0 aromatic heterocycles. The number of nitrogens with zero attached hydrogens (tertiary/aromatic N) is 1. The molecule has 0 fully saturated rings. The van der Waals surface area contributed by atoms with Crippen LogP contribution in [0.15, 0.2) is 0 Å². The van der Waals surface area contributed by atoms with Gasteiger partial charge in [0.15, 0.2) is 0 Å². The number of hydrogen-bond donors (Lipinski definition) is 0. The molecule has 5 heteroatoms. The van der Waals surface area contributed by atoms with Crippen LogP contribution in [0.2, 0.25) is 0 Å². The van der Waals surface area contributed by atoms with Crippen molar-refractivity contribution in [1.82, 2.24) is 0 Å². The molecular formula is C5H6F3NO. The summed E-state index contributed by atoms with van der Waals surface area (Å²) in [6, 6.07) is 1.57. The predicted octanol–water partition coefficient (Wildman–Crippen LogP) is 1.82. The lowest BCUT2D eigenvalue weighted by atomic mass is 10.3. The van der Waals surface area contributed by atoms with Crippen LogP contribution >= 0.6 is 0 Å². The zero-order valence-electron chi connectivity index (χ0n) is 5.27. The average molecular weight is 153 g/mol. The summed E-state index contributed by atoms with van der Waals surface area (Å²) in [6.07, 6.45) is -5.96. The lowest BCUT2D eigenvalue weighted by Crippen LogP contribution is -2.20. The molecule has 0 aliphatic heterocycles. The van der Waals surface area contributed by atoms with Gasteiger partial charge in [-0.15, -0.1) is 13.2 Å². The predicted molar refractivity (Wildman–Crippen MR) is 26.8 cm³/mol. The van der Waals surface area contributed by atoms with Gasteiger partial charge in [-0.25, -0.2) is 0 Å². The highest BCUT2D eigenvalue weighted by Crippen LogP contribution is 2.19. The molecule has 0 radical (unpaired) electrons. The minimum Gasteiger partial charge on any atom is -0.288 e. The standard InChI is InChI=1S/C5H6F3NO/c1-4(2-3-9)10-5(6,7)8/h4H,2H2,1H3. The molecular weight excluding hydrogens is 147 g/mol. The highest BCUT2D eigenvalue weighted by Gasteiger charge is 2.31. The molecule has 1 unspecified atom stereocenters. The monoisotopic (exact) mass is 153 g/mol. The van der Waals surface area contributed by atoms with Crippen molar-refractivity contribution in [2.75, 3.05) is 0 Å². The van der Waals surface area contributed by atoms with E-state index in [-0.39, 0.29) is 6.42 Å². The molecule has 1 atom stereocenters. The molecule has 58 valence electrons. The van der Waals surface area contributed by atoms with Crippen molar-refractivity contribution in [1.29, 1.82) is 5.26 Å². The number of rotatable bonds is 2. The fourth-order valence-corrected chi connectivity index (χ4v) is 0.398. The third-order valence-electron chi connectivity index (χ3n) is 0.714. The minimum atomic E-state index is -4.63. The third-order valence-corrected chi connectivity index (χ3v) is 0.714. The van der Waals surface area contributed by atoms with Crippen molar-refractivity contribution in [2.45, 2.75) is 25.8 Å². The second kappa shape index (κ2) is 3.42. The van der Waals surface area contributed by atoms with Crippen molar-refractivity contribution in [3.63, 3.8) is 0 Å². The molecule has 0 N–H and O–H groups in total. The Balaban J connectivity index is 3.60. The maximum Gasteiger partial charge on any atom is 0.522 e. The van der Waals surface area contributed by atoms with Gasteiger partial charge in [-0.2, -0.15) is 5.26 Å².